The standard InChI is InChI=1S/C15H15F2NO/c16-15(17,10-19)14(18)13-8-4-7-12(9-13)11-5-2-1-3-6-11/h1-9,14,19H,10,18H2/t14-/m1/s1. The smallest absolute Gasteiger partial charge is 0.289 e. The van der Waals surface area contributed by atoms with E-state index in [1.165, 1.54) is 0 Å². The van der Waals surface area contributed by atoms with Crippen molar-refractivity contribution in [1.82, 2.24) is 0 Å². The molecule has 0 heterocycles. The van der Waals surface area contributed by atoms with Crippen LogP contribution < -0.4 is 5.73 Å². The Morgan fingerprint density at radius 3 is 2.26 bits per heavy atom. The van der Waals surface area contributed by atoms with Gasteiger partial charge in [0.2, 0.25) is 0 Å². The van der Waals surface area contributed by atoms with Crippen molar-refractivity contribution in [1.29, 1.82) is 0 Å². The lowest BCUT2D eigenvalue weighted by molar-refractivity contribution is -0.0711. The molecule has 2 rings (SSSR count). The number of aliphatic hydroxyl groups excluding tert-OH is 1. The third-order valence-corrected chi connectivity index (χ3v) is 3.02. The van der Waals surface area contributed by atoms with Crippen LogP contribution in [0.2, 0.25) is 0 Å². The van der Waals surface area contributed by atoms with E-state index in [1.807, 2.05) is 36.4 Å². The van der Waals surface area contributed by atoms with E-state index in [0.717, 1.165) is 11.1 Å². The zero-order valence-corrected chi connectivity index (χ0v) is 10.3. The van der Waals surface area contributed by atoms with Gasteiger partial charge in [0.1, 0.15) is 6.61 Å². The second-order valence-corrected chi connectivity index (χ2v) is 4.39. The Hall–Kier alpha value is -1.78. The van der Waals surface area contributed by atoms with Crippen molar-refractivity contribution >= 4 is 0 Å². The molecule has 3 N–H and O–H groups in total. The molecule has 0 aliphatic heterocycles. The van der Waals surface area contributed by atoms with Crippen LogP contribution in [0.25, 0.3) is 11.1 Å². The number of halogens is 2. The summed E-state index contributed by atoms with van der Waals surface area (Å²) in [5, 5.41) is 8.68. The summed E-state index contributed by atoms with van der Waals surface area (Å²) < 4.78 is 26.8. The third kappa shape index (κ3) is 2.97. The fourth-order valence-corrected chi connectivity index (χ4v) is 1.88. The molecular formula is C15H15F2NO. The van der Waals surface area contributed by atoms with Crippen LogP contribution >= 0.6 is 0 Å². The third-order valence-electron chi connectivity index (χ3n) is 3.02. The van der Waals surface area contributed by atoms with Gasteiger partial charge in [-0.1, -0.05) is 48.5 Å². The van der Waals surface area contributed by atoms with Gasteiger partial charge >= 0.3 is 0 Å². The van der Waals surface area contributed by atoms with Crippen LogP contribution in [0.1, 0.15) is 11.6 Å². The number of aliphatic hydroxyl groups is 1. The number of hydrogen-bond donors (Lipinski definition) is 2. The Bertz CT molecular complexity index is 543. The van der Waals surface area contributed by atoms with Gasteiger partial charge in [0, 0.05) is 0 Å². The van der Waals surface area contributed by atoms with E-state index in [-0.39, 0.29) is 0 Å². The Labute approximate surface area is 110 Å². The number of alkyl halides is 2. The highest BCUT2D eigenvalue weighted by Gasteiger charge is 2.37. The molecule has 0 saturated heterocycles. The monoisotopic (exact) mass is 263 g/mol. The van der Waals surface area contributed by atoms with Crippen LogP contribution in [0.5, 0.6) is 0 Å². The minimum atomic E-state index is -3.32. The molecule has 0 aromatic heterocycles. The first kappa shape index (κ1) is 13.6. The van der Waals surface area contributed by atoms with Gasteiger partial charge in [-0.25, -0.2) is 8.78 Å². The van der Waals surface area contributed by atoms with Crippen LogP contribution in [0.15, 0.2) is 54.6 Å². The SMILES string of the molecule is N[C@H](c1cccc(-c2ccccc2)c1)C(F)(F)CO. The van der Waals surface area contributed by atoms with Crippen molar-refractivity contribution in [3.63, 3.8) is 0 Å². The lowest BCUT2D eigenvalue weighted by Crippen LogP contribution is -2.36. The topological polar surface area (TPSA) is 46.2 Å². The van der Waals surface area contributed by atoms with Crippen LogP contribution in [-0.4, -0.2) is 17.6 Å². The zero-order valence-electron chi connectivity index (χ0n) is 10.3. The van der Waals surface area contributed by atoms with E-state index in [9.17, 15) is 8.78 Å². The quantitative estimate of drug-likeness (QED) is 0.890. The molecule has 0 amide bonds. The minimum absolute atomic E-state index is 0.306. The minimum Gasteiger partial charge on any atom is -0.390 e. The van der Waals surface area contributed by atoms with E-state index in [2.05, 4.69) is 0 Å². The van der Waals surface area contributed by atoms with Gasteiger partial charge in [0.05, 0.1) is 6.04 Å². The maximum atomic E-state index is 13.4. The Balaban J connectivity index is 2.35. The van der Waals surface area contributed by atoms with E-state index < -0.39 is 18.6 Å². The van der Waals surface area contributed by atoms with E-state index in [1.54, 1.807) is 18.2 Å². The lowest BCUT2D eigenvalue weighted by Gasteiger charge is -2.22. The van der Waals surface area contributed by atoms with Gasteiger partial charge in [-0.3, -0.25) is 0 Å². The summed E-state index contributed by atoms with van der Waals surface area (Å²) in [6.45, 7) is -1.26. The summed E-state index contributed by atoms with van der Waals surface area (Å²) in [6, 6.07) is 14.6. The number of nitrogens with two attached hydrogens (primary N) is 1. The maximum absolute atomic E-state index is 13.4. The van der Waals surface area contributed by atoms with Crippen LogP contribution in [0, 0.1) is 0 Å². The maximum Gasteiger partial charge on any atom is 0.289 e. The summed E-state index contributed by atoms with van der Waals surface area (Å²) in [5.74, 6) is -3.32. The molecule has 0 radical (unpaired) electrons. The molecule has 0 spiro atoms. The van der Waals surface area contributed by atoms with E-state index in [4.69, 9.17) is 10.8 Å². The second kappa shape index (κ2) is 5.47. The van der Waals surface area contributed by atoms with Gasteiger partial charge in [-0.2, -0.15) is 0 Å². The average Bonchev–Trinajstić information content (AvgIpc) is 2.47. The largest absolute Gasteiger partial charge is 0.390 e. The predicted octanol–water partition coefficient (Wildman–Crippen LogP) is 2.98. The molecule has 2 aromatic rings. The Morgan fingerprint density at radius 2 is 1.63 bits per heavy atom. The summed E-state index contributed by atoms with van der Waals surface area (Å²) in [7, 11) is 0. The first-order valence-electron chi connectivity index (χ1n) is 5.94. The molecule has 1 atom stereocenters. The molecule has 100 valence electrons. The van der Waals surface area contributed by atoms with E-state index >= 15 is 0 Å². The van der Waals surface area contributed by atoms with Crippen molar-refractivity contribution in [3.8, 4) is 11.1 Å². The summed E-state index contributed by atoms with van der Waals surface area (Å²) >= 11 is 0. The second-order valence-electron chi connectivity index (χ2n) is 4.39. The first-order chi connectivity index (χ1) is 9.04. The predicted molar refractivity (Wildman–Crippen MR) is 70.8 cm³/mol. The van der Waals surface area contributed by atoms with Gasteiger partial charge in [0.15, 0.2) is 0 Å². The Kier molecular flexibility index (Phi) is 3.93. The van der Waals surface area contributed by atoms with Gasteiger partial charge < -0.3 is 10.8 Å². The van der Waals surface area contributed by atoms with Gasteiger partial charge in [0.25, 0.3) is 5.92 Å². The molecule has 0 aliphatic rings. The Morgan fingerprint density at radius 1 is 1.00 bits per heavy atom. The van der Waals surface area contributed by atoms with Gasteiger partial charge in [-0.15, -0.1) is 0 Å². The molecule has 4 heteroatoms. The molecular weight excluding hydrogens is 248 g/mol. The number of hydrogen-bond acceptors (Lipinski definition) is 2. The fourth-order valence-electron chi connectivity index (χ4n) is 1.88. The highest BCUT2D eigenvalue weighted by Crippen LogP contribution is 2.31. The highest BCUT2D eigenvalue weighted by molar-refractivity contribution is 5.64. The summed E-state index contributed by atoms with van der Waals surface area (Å²) in [4.78, 5) is 0. The van der Waals surface area contributed by atoms with Crippen molar-refractivity contribution in [2.75, 3.05) is 6.61 Å². The highest BCUT2D eigenvalue weighted by atomic mass is 19.3. The average molecular weight is 263 g/mol. The van der Waals surface area contributed by atoms with Crippen LogP contribution in [0.4, 0.5) is 8.78 Å². The van der Waals surface area contributed by atoms with Crippen molar-refractivity contribution in [2.24, 2.45) is 5.73 Å². The van der Waals surface area contributed by atoms with Crippen molar-refractivity contribution < 1.29 is 13.9 Å². The molecule has 0 aliphatic carbocycles. The van der Waals surface area contributed by atoms with Crippen LogP contribution in [-0.2, 0) is 0 Å². The van der Waals surface area contributed by atoms with Crippen LogP contribution in [0.3, 0.4) is 0 Å². The molecule has 0 bridgehead atoms. The fraction of sp³-hybridized carbons (Fsp3) is 0.200. The number of rotatable bonds is 4. The molecule has 0 unspecified atom stereocenters. The normalized spacial score (nSPS) is 13.3. The van der Waals surface area contributed by atoms with Gasteiger partial charge in [-0.05, 0) is 22.8 Å². The molecule has 19 heavy (non-hydrogen) atoms. The molecule has 2 nitrogen and oxygen atoms in total. The molecule has 0 fully saturated rings. The zero-order chi connectivity index (χ0) is 13.9. The van der Waals surface area contributed by atoms with Crippen molar-refractivity contribution in [3.05, 3.63) is 60.2 Å². The summed E-state index contributed by atoms with van der Waals surface area (Å²) in [5.41, 5.74) is 7.58. The first-order valence-corrected chi connectivity index (χ1v) is 5.94. The lowest BCUT2D eigenvalue weighted by atomic mass is 9.97. The molecule has 2 aromatic carbocycles. The van der Waals surface area contributed by atoms with Crippen molar-refractivity contribution in [2.45, 2.75) is 12.0 Å². The van der Waals surface area contributed by atoms with E-state index in [0.29, 0.717) is 5.56 Å². The number of benzene rings is 2. The summed E-state index contributed by atoms with van der Waals surface area (Å²) in [6.07, 6.45) is 0. The molecule has 0 saturated carbocycles.